The van der Waals surface area contributed by atoms with Gasteiger partial charge in [0.25, 0.3) is 0 Å². The zero-order valence-electron chi connectivity index (χ0n) is 18.7. The molecule has 172 valence electrons. The number of ether oxygens (including phenoxy) is 1. The second-order valence-electron chi connectivity index (χ2n) is 9.62. The Bertz CT molecular complexity index is 1240. The molecule has 7 nitrogen and oxygen atoms in total. The van der Waals surface area contributed by atoms with Crippen LogP contribution in [-0.4, -0.2) is 30.2 Å². The number of hydrogen-bond donors (Lipinski definition) is 0. The number of hydrogen-bond acceptors (Lipinski definition) is 5. The number of amides is 3. The van der Waals surface area contributed by atoms with E-state index in [0.29, 0.717) is 5.69 Å². The Morgan fingerprint density at radius 1 is 0.941 bits per heavy atom. The Labute approximate surface area is 197 Å². The molecular formula is C27H24N2O5. The summed E-state index contributed by atoms with van der Waals surface area (Å²) in [6.07, 6.45) is 5.07. The standard InChI is InChI=1S/C27H24N2O5/c1-15-5-2-3-8-21(15)28-14-18(12-22(28)30)27(33)34-20-7-4-6-19(13-20)29-25(31)23-16-9-10-17(11-16)24(23)26(29)32/h2-10,13,16-18,23-24H,11-12,14H2,1H3/t16-,17-,18+,23-,24-/m0/s1. The van der Waals surface area contributed by atoms with Gasteiger partial charge in [0.05, 0.1) is 23.4 Å². The van der Waals surface area contributed by atoms with E-state index in [1.165, 1.54) is 4.90 Å². The molecule has 2 aromatic rings. The second kappa shape index (κ2) is 7.65. The smallest absolute Gasteiger partial charge is 0.316 e. The van der Waals surface area contributed by atoms with Gasteiger partial charge in [-0.25, -0.2) is 4.90 Å². The summed E-state index contributed by atoms with van der Waals surface area (Å²) in [5, 5.41) is 0. The van der Waals surface area contributed by atoms with Crippen molar-refractivity contribution >= 4 is 35.1 Å². The van der Waals surface area contributed by atoms with Crippen molar-refractivity contribution in [1.29, 1.82) is 0 Å². The maximum absolute atomic E-state index is 13.1. The van der Waals surface area contributed by atoms with Crippen LogP contribution in [0.15, 0.2) is 60.7 Å². The first-order valence-corrected chi connectivity index (χ1v) is 11.7. The Hall–Kier alpha value is -3.74. The summed E-state index contributed by atoms with van der Waals surface area (Å²) in [5.41, 5.74) is 2.17. The number of carbonyl (C=O) groups is 4. The molecule has 5 atom stereocenters. The molecule has 2 aromatic carbocycles. The van der Waals surface area contributed by atoms with Crippen molar-refractivity contribution < 1.29 is 23.9 Å². The molecule has 1 saturated carbocycles. The molecule has 0 aromatic heterocycles. The van der Waals surface area contributed by atoms with Crippen LogP contribution in [0.25, 0.3) is 0 Å². The van der Waals surface area contributed by atoms with Crippen molar-refractivity contribution in [2.75, 3.05) is 16.3 Å². The monoisotopic (exact) mass is 456 g/mol. The van der Waals surface area contributed by atoms with Crippen LogP contribution in [0.3, 0.4) is 0 Å². The highest BCUT2D eigenvalue weighted by Crippen LogP contribution is 2.53. The lowest BCUT2D eigenvalue weighted by molar-refractivity contribution is -0.139. The summed E-state index contributed by atoms with van der Waals surface area (Å²) in [6, 6.07) is 14.1. The van der Waals surface area contributed by atoms with E-state index in [4.69, 9.17) is 4.74 Å². The van der Waals surface area contributed by atoms with Crippen molar-refractivity contribution in [3.8, 4) is 5.75 Å². The number of rotatable bonds is 4. The highest BCUT2D eigenvalue weighted by molar-refractivity contribution is 6.22. The fourth-order valence-electron chi connectivity index (χ4n) is 6.01. The van der Waals surface area contributed by atoms with Gasteiger partial charge in [0, 0.05) is 24.7 Å². The van der Waals surface area contributed by atoms with Gasteiger partial charge in [0.1, 0.15) is 5.75 Å². The van der Waals surface area contributed by atoms with E-state index in [1.807, 2.05) is 31.2 Å². The molecule has 0 unspecified atom stereocenters. The predicted octanol–water partition coefficient (Wildman–Crippen LogP) is 3.27. The average molecular weight is 456 g/mol. The average Bonchev–Trinajstić information content (AvgIpc) is 3.58. The summed E-state index contributed by atoms with van der Waals surface area (Å²) >= 11 is 0. The molecule has 3 fully saturated rings. The van der Waals surface area contributed by atoms with Crippen LogP contribution in [-0.2, 0) is 19.2 Å². The Balaban J connectivity index is 1.18. The minimum atomic E-state index is -0.591. The predicted molar refractivity (Wildman–Crippen MR) is 124 cm³/mol. The van der Waals surface area contributed by atoms with E-state index in [9.17, 15) is 19.2 Å². The number of nitrogens with zero attached hydrogens (tertiary/aromatic N) is 2. The van der Waals surface area contributed by atoms with Gasteiger partial charge < -0.3 is 9.64 Å². The molecule has 3 amide bonds. The zero-order valence-corrected chi connectivity index (χ0v) is 18.7. The highest BCUT2D eigenvalue weighted by atomic mass is 16.5. The largest absolute Gasteiger partial charge is 0.426 e. The van der Waals surface area contributed by atoms with Gasteiger partial charge in [-0.15, -0.1) is 0 Å². The molecule has 34 heavy (non-hydrogen) atoms. The van der Waals surface area contributed by atoms with Gasteiger partial charge in [-0.3, -0.25) is 19.2 Å². The first-order valence-electron chi connectivity index (χ1n) is 11.7. The molecule has 0 radical (unpaired) electrons. The third kappa shape index (κ3) is 3.10. The Kier molecular flexibility index (Phi) is 4.69. The molecule has 4 aliphatic rings. The van der Waals surface area contributed by atoms with Crippen molar-refractivity contribution in [2.24, 2.45) is 29.6 Å². The number of carbonyl (C=O) groups excluding carboxylic acids is 4. The minimum Gasteiger partial charge on any atom is -0.426 e. The Morgan fingerprint density at radius 2 is 1.65 bits per heavy atom. The van der Waals surface area contributed by atoms with Crippen LogP contribution < -0.4 is 14.5 Å². The molecule has 2 aliphatic heterocycles. The second-order valence-corrected chi connectivity index (χ2v) is 9.62. The van der Waals surface area contributed by atoms with Gasteiger partial charge in [-0.1, -0.05) is 36.4 Å². The first kappa shape index (κ1) is 20.8. The third-order valence-electron chi connectivity index (χ3n) is 7.63. The molecule has 2 heterocycles. The van der Waals surface area contributed by atoms with E-state index >= 15 is 0 Å². The van der Waals surface area contributed by atoms with Crippen LogP contribution >= 0.6 is 0 Å². The maximum Gasteiger partial charge on any atom is 0.316 e. The lowest BCUT2D eigenvalue weighted by atomic mass is 9.85. The molecule has 0 spiro atoms. The van der Waals surface area contributed by atoms with Gasteiger partial charge >= 0.3 is 5.97 Å². The number of anilines is 2. The van der Waals surface area contributed by atoms with E-state index in [2.05, 4.69) is 12.2 Å². The van der Waals surface area contributed by atoms with Gasteiger partial charge in [-0.05, 0) is 48.9 Å². The molecule has 0 N–H and O–H groups in total. The summed E-state index contributed by atoms with van der Waals surface area (Å²) in [5.74, 6) is -1.61. The first-order chi connectivity index (χ1) is 16.4. The number of fused-ring (bicyclic) bond motifs is 5. The quantitative estimate of drug-likeness (QED) is 0.305. The number of benzene rings is 2. The summed E-state index contributed by atoms with van der Waals surface area (Å²) < 4.78 is 5.60. The lowest BCUT2D eigenvalue weighted by Gasteiger charge is -2.19. The zero-order chi connectivity index (χ0) is 23.6. The van der Waals surface area contributed by atoms with Crippen LogP contribution in [0.1, 0.15) is 18.4 Å². The van der Waals surface area contributed by atoms with Crippen molar-refractivity contribution in [1.82, 2.24) is 0 Å². The van der Waals surface area contributed by atoms with Gasteiger partial charge in [-0.2, -0.15) is 0 Å². The molecular weight excluding hydrogens is 432 g/mol. The number of para-hydroxylation sites is 1. The normalized spacial score (nSPS) is 29.3. The van der Waals surface area contributed by atoms with Crippen molar-refractivity contribution in [3.05, 3.63) is 66.2 Å². The van der Waals surface area contributed by atoms with E-state index in [0.717, 1.165) is 17.7 Å². The van der Waals surface area contributed by atoms with E-state index < -0.39 is 11.9 Å². The molecule has 2 aliphatic carbocycles. The van der Waals surface area contributed by atoms with Gasteiger partial charge in [0.2, 0.25) is 17.7 Å². The highest BCUT2D eigenvalue weighted by Gasteiger charge is 2.59. The summed E-state index contributed by atoms with van der Waals surface area (Å²) in [4.78, 5) is 54.5. The van der Waals surface area contributed by atoms with E-state index in [1.54, 1.807) is 29.2 Å². The molecule has 2 saturated heterocycles. The van der Waals surface area contributed by atoms with Crippen LogP contribution in [0.2, 0.25) is 0 Å². The number of imide groups is 1. The van der Waals surface area contributed by atoms with E-state index in [-0.39, 0.29) is 60.1 Å². The number of aryl methyl sites for hydroxylation is 1. The Morgan fingerprint density at radius 3 is 2.35 bits per heavy atom. The minimum absolute atomic E-state index is 0.0785. The summed E-state index contributed by atoms with van der Waals surface area (Å²) in [7, 11) is 0. The molecule has 7 heteroatoms. The summed E-state index contributed by atoms with van der Waals surface area (Å²) in [6.45, 7) is 2.18. The van der Waals surface area contributed by atoms with Crippen LogP contribution in [0.5, 0.6) is 5.75 Å². The van der Waals surface area contributed by atoms with Crippen molar-refractivity contribution in [2.45, 2.75) is 19.8 Å². The fraction of sp³-hybridized carbons (Fsp3) is 0.333. The molecule has 6 rings (SSSR count). The lowest BCUT2D eigenvalue weighted by Crippen LogP contribution is -2.32. The molecule has 2 bridgehead atoms. The number of esters is 1. The van der Waals surface area contributed by atoms with Crippen molar-refractivity contribution in [3.63, 3.8) is 0 Å². The topological polar surface area (TPSA) is 84.0 Å². The SMILES string of the molecule is Cc1ccccc1N1C[C@H](C(=O)Oc2cccc(N3C(=O)[C@@H]4[C@@H](C3=O)[C@H]3C=C[C@H]4C3)c2)CC1=O. The number of allylic oxidation sites excluding steroid dienone is 2. The maximum atomic E-state index is 13.1. The van der Waals surface area contributed by atoms with Gasteiger partial charge in [0.15, 0.2) is 0 Å². The van der Waals surface area contributed by atoms with Crippen LogP contribution in [0, 0.1) is 36.5 Å². The fourth-order valence-corrected chi connectivity index (χ4v) is 6.01. The van der Waals surface area contributed by atoms with Crippen LogP contribution in [0.4, 0.5) is 11.4 Å². The third-order valence-corrected chi connectivity index (χ3v) is 7.63.